The number of rotatable bonds is 6. The third-order valence-electron chi connectivity index (χ3n) is 3.92. The van der Waals surface area contributed by atoms with Crippen molar-refractivity contribution in [1.29, 1.82) is 0 Å². The molecule has 19 heavy (non-hydrogen) atoms. The monoisotopic (exact) mass is 262 g/mol. The van der Waals surface area contributed by atoms with Gasteiger partial charge in [-0.15, -0.1) is 6.58 Å². The highest BCUT2D eigenvalue weighted by molar-refractivity contribution is 5.29. The fourth-order valence-corrected chi connectivity index (χ4v) is 2.69. The average molecular weight is 262 g/mol. The van der Waals surface area contributed by atoms with Crippen molar-refractivity contribution in [3.05, 3.63) is 24.5 Å². The van der Waals surface area contributed by atoms with Crippen molar-refractivity contribution < 1.29 is 0 Å². The van der Waals surface area contributed by atoms with Gasteiger partial charge in [-0.3, -0.25) is 0 Å². The van der Waals surface area contributed by atoms with Crippen LogP contribution < -0.4 is 5.32 Å². The van der Waals surface area contributed by atoms with E-state index in [1.807, 2.05) is 13.0 Å². The highest BCUT2D eigenvalue weighted by atomic mass is 15.2. The van der Waals surface area contributed by atoms with E-state index in [0.717, 1.165) is 30.6 Å². The molecule has 2 heterocycles. The van der Waals surface area contributed by atoms with E-state index in [-0.39, 0.29) is 0 Å². The first-order valence-corrected chi connectivity index (χ1v) is 7.26. The SMILES string of the molecule is C=CCNc1nc(C)cn1CCC1CCN(C)CC1. The van der Waals surface area contributed by atoms with Crippen molar-refractivity contribution >= 4 is 5.95 Å². The molecule has 1 aromatic heterocycles. The van der Waals surface area contributed by atoms with Crippen LogP contribution >= 0.6 is 0 Å². The van der Waals surface area contributed by atoms with Crippen LogP contribution in [0.15, 0.2) is 18.9 Å². The van der Waals surface area contributed by atoms with Crippen molar-refractivity contribution in [1.82, 2.24) is 14.5 Å². The minimum atomic E-state index is 0.769. The molecule has 0 atom stereocenters. The second-order valence-electron chi connectivity index (χ2n) is 5.60. The molecule has 1 aromatic rings. The van der Waals surface area contributed by atoms with Gasteiger partial charge in [-0.2, -0.15) is 0 Å². The zero-order chi connectivity index (χ0) is 13.7. The minimum absolute atomic E-state index is 0.769. The van der Waals surface area contributed by atoms with Crippen molar-refractivity contribution in [2.75, 3.05) is 32.0 Å². The predicted molar refractivity (Wildman–Crippen MR) is 80.5 cm³/mol. The van der Waals surface area contributed by atoms with Gasteiger partial charge < -0.3 is 14.8 Å². The van der Waals surface area contributed by atoms with E-state index in [4.69, 9.17) is 0 Å². The molecule has 2 rings (SSSR count). The summed E-state index contributed by atoms with van der Waals surface area (Å²) in [6.45, 7) is 10.1. The third kappa shape index (κ3) is 4.10. The van der Waals surface area contributed by atoms with Crippen molar-refractivity contribution in [3.63, 3.8) is 0 Å². The Kier molecular flexibility index (Phi) is 5.02. The molecule has 0 aromatic carbocycles. The Labute approximate surface area is 116 Å². The smallest absolute Gasteiger partial charge is 0.203 e. The molecule has 4 nitrogen and oxygen atoms in total. The third-order valence-corrected chi connectivity index (χ3v) is 3.92. The largest absolute Gasteiger partial charge is 0.352 e. The molecule has 0 spiro atoms. The molecular weight excluding hydrogens is 236 g/mol. The van der Waals surface area contributed by atoms with Gasteiger partial charge in [0.05, 0.1) is 5.69 Å². The Morgan fingerprint density at radius 3 is 2.89 bits per heavy atom. The van der Waals surface area contributed by atoms with Crippen molar-refractivity contribution in [2.24, 2.45) is 5.92 Å². The normalized spacial score (nSPS) is 17.6. The van der Waals surface area contributed by atoms with Gasteiger partial charge in [0.15, 0.2) is 0 Å². The number of aryl methyl sites for hydroxylation is 2. The lowest BCUT2D eigenvalue weighted by molar-refractivity contribution is 0.208. The molecule has 0 aliphatic carbocycles. The maximum absolute atomic E-state index is 4.52. The van der Waals surface area contributed by atoms with Crippen LogP contribution in [0.25, 0.3) is 0 Å². The summed E-state index contributed by atoms with van der Waals surface area (Å²) in [4.78, 5) is 6.95. The fraction of sp³-hybridized carbons (Fsp3) is 0.667. The molecule has 1 fully saturated rings. The first-order chi connectivity index (χ1) is 9.19. The molecule has 4 heteroatoms. The maximum atomic E-state index is 4.52. The van der Waals surface area contributed by atoms with Gasteiger partial charge in [-0.1, -0.05) is 6.08 Å². The van der Waals surface area contributed by atoms with Crippen LogP contribution in [0.4, 0.5) is 5.95 Å². The number of nitrogens with zero attached hydrogens (tertiary/aromatic N) is 3. The number of aromatic nitrogens is 2. The van der Waals surface area contributed by atoms with Gasteiger partial charge in [-0.25, -0.2) is 4.98 Å². The standard InChI is InChI=1S/C15H26N4/c1-4-8-16-15-17-13(2)12-19(15)11-7-14-5-9-18(3)10-6-14/h4,12,14H,1,5-11H2,2-3H3,(H,16,17). The molecule has 0 amide bonds. The molecule has 0 bridgehead atoms. The van der Waals surface area contributed by atoms with Gasteiger partial charge in [0, 0.05) is 19.3 Å². The summed E-state index contributed by atoms with van der Waals surface area (Å²) < 4.78 is 2.25. The molecule has 0 unspecified atom stereocenters. The van der Waals surface area contributed by atoms with Crippen LogP contribution in [-0.2, 0) is 6.54 Å². The van der Waals surface area contributed by atoms with E-state index in [1.165, 1.54) is 32.4 Å². The number of imidazole rings is 1. The van der Waals surface area contributed by atoms with E-state index >= 15 is 0 Å². The Balaban J connectivity index is 1.86. The quantitative estimate of drug-likeness (QED) is 0.800. The second-order valence-corrected chi connectivity index (χ2v) is 5.60. The topological polar surface area (TPSA) is 33.1 Å². The van der Waals surface area contributed by atoms with E-state index in [2.05, 4.69) is 39.6 Å². The number of piperidine rings is 1. The average Bonchev–Trinajstić information content (AvgIpc) is 2.76. The molecule has 0 radical (unpaired) electrons. The molecule has 1 aliphatic rings. The molecule has 1 saturated heterocycles. The lowest BCUT2D eigenvalue weighted by atomic mass is 9.94. The first kappa shape index (κ1) is 14.1. The Morgan fingerprint density at radius 2 is 2.21 bits per heavy atom. The van der Waals surface area contributed by atoms with Gasteiger partial charge in [0.1, 0.15) is 0 Å². The number of hydrogen-bond donors (Lipinski definition) is 1. The fourth-order valence-electron chi connectivity index (χ4n) is 2.69. The molecule has 0 saturated carbocycles. The summed E-state index contributed by atoms with van der Waals surface area (Å²) in [7, 11) is 2.22. The summed E-state index contributed by atoms with van der Waals surface area (Å²) in [5.74, 6) is 1.84. The van der Waals surface area contributed by atoms with Crippen LogP contribution in [0, 0.1) is 12.8 Å². The van der Waals surface area contributed by atoms with E-state index in [1.54, 1.807) is 0 Å². The van der Waals surface area contributed by atoms with Gasteiger partial charge in [0.2, 0.25) is 5.95 Å². The summed E-state index contributed by atoms with van der Waals surface area (Å²) in [6, 6.07) is 0. The van der Waals surface area contributed by atoms with E-state index in [9.17, 15) is 0 Å². The minimum Gasteiger partial charge on any atom is -0.352 e. The number of anilines is 1. The lowest BCUT2D eigenvalue weighted by Gasteiger charge is -2.29. The van der Waals surface area contributed by atoms with Crippen LogP contribution in [0.3, 0.4) is 0 Å². The summed E-state index contributed by atoms with van der Waals surface area (Å²) in [5.41, 5.74) is 1.08. The van der Waals surface area contributed by atoms with Gasteiger partial charge >= 0.3 is 0 Å². The van der Waals surface area contributed by atoms with Crippen LogP contribution in [0.2, 0.25) is 0 Å². The number of likely N-dealkylation sites (tertiary alicyclic amines) is 1. The zero-order valence-electron chi connectivity index (χ0n) is 12.2. The first-order valence-electron chi connectivity index (χ1n) is 7.26. The van der Waals surface area contributed by atoms with Crippen LogP contribution in [-0.4, -0.2) is 41.1 Å². The van der Waals surface area contributed by atoms with Crippen molar-refractivity contribution in [2.45, 2.75) is 32.7 Å². The molecule has 1 aliphatic heterocycles. The van der Waals surface area contributed by atoms with Crippen molar-refractivity contribution in [3.8, 4) is 0 Å². The van der Waals surface area contributed by atoms with Gasteiger partial charge in [-0.05, 0) is 52.2 Å². The zero-order valence-corrected chi connectivity index (χ0v) is 12.2. The van der Waals surface area contributed by atoms with Crippen LogP contribution in [0.1, 0.15) is 25.0 Å². The summed E-state index contributed by atoms with van der Waals surface area (Å²) in [6.07, 6.45) is 7.93. The molecular formula is C15H26N4. The second kappa shape index (κ2) is 6.75. The predicted octanol–water partition coefficient (Wildman–Crippen LogP) is 2.52. The lowest BCUT2D eigenvalue weighted by Crippen LogP contribution is -2.30. The van der Waals surface area contributed by atoms with Crippen LogP contribution in [0.5, 0.6) is 0 Å². The summed E-state index contributed by atoms with van der Waals surface area (Å²) in [5, 5.41) is 3.30. The maximum Gasteiger partial charge on any atom is 0.203 e. The molecule has 1 N–H and O–H groups in total. The Hall–Kier alpha value is -1.29. The molecule has 106 valence electrons. The van der Waals surface area contributed by atoms with E-state index < -0.39 is 0 Å². The Bertz CT molecular complexity index is 402. The summed E-state index contributed by atoms with van der Waals surface area (Å²) >= 11 is 0. The van der Waals surface area contributed by atoms with Gasteiger partial charge in [0.25, 0.3) is 0 Å². The number of hydrogen-bond acceptors (Lipinski definition) is 3. The Morgan fingerprint density at radius 1 is 1.47 bits per heavy atom. The van der Waals surface area contributed by atoms with E-state index in [0.29, 0.717) is 0 Å². The highest BCUT2D eigenvalue weighted by Crippen LogP contribution is 2.21. The highest BCUT2D eigenvalue weighted by Gasteiger charge is 2.17. The number of nitrogens with one attached hydrogen (secondary N) is 1.